The average Bonchev–Trinajstić information content (AvgIpc) is 3.74. The molecule has 5 aliphatic carbocycles. The molecule has 0 aliphatic heterocycles. The smallest absolute Gasteiger partial charge is 0.0540 e. The van der Waals surface area contributed by atoms with Gasteiger partial charge in [-0.2, -0.15) is 0 Å². The van der Waals surface area contributed by atoms with Crippen molar-refractivity contribution in [2.75, 3.05) is 4.90 Å². The van der Waals surface area contributed by atoms with Crippen LogP contribution in [0.3, 0.4) is 0 Å². The van der Waals surface area contributed by atoms with Crippen LogP contribution in [-0.4, -0.2) is 0 Å². The first kappa shape index (κ1) is 31.0. The molecule has 2 heteroatoms. The van der Waals surface area contributed by atoms with Crippen molar-refractivity contribution in [1.29, 1.82) is 0 Å². The number of benzene rings is 7. The maximum Gasteiger partial charge on any atom is 0.0540 e. The highest BCUT2D eigenvalue weighted by Gasteiger charge is 2.61. The monoisotopic (exact) mass is 711 g/mol. The second kappa shape index (κ2) is 11.8. The molecule has 0 atom stereocenters. The van der Waals surface area contributed by atoms with E-state index in [-0.39, 0.29) is 5.41 Å². The first-order chi connectivity index (χ1) is 26.7. The lowest BCUT2D eigenvalue weighted by Crippen LogP contribution is -2.55. The van der Waals surface area contributed by atoms with Crippen LogP contribution < -0.4 is 4.90 Å². The van der Waals surface area contributed by atoms with E-state index in [9.17, 15) is 0 Å². The van der Waals surface area contributed by atoms with Gasteiger partial charge in [-0.05, 0) is 137 Å². The van der Waals surface area contributed by atoms with Crippen LogP contribution in [0.4, 0.5) is 17.1 Å². The number of para-hydroxylation sites is 1. The molecule has 0 radical (unpaired) electrons. The molecule has 1 spiro atoms. The molecule has 0 amide bonds. The lowest BCUT2D eigenvalue weighted by atomic mass is 9.43. The van der Waals surface area contributed by atoms with Crippen molar-refractivity contribution in [3.05, 3.63) is 175 Å². The number of anilines is 3. The lowest BCUT2D eigenvalue weighted by Gasteiger charge is -2.61. The van der Waals surface area contributed by atoms with Crippen molar-refractivity contribution < 1.29 is 0 Å². The molecule has 4 fully saturated rings. The molecule has 1 aromatic heterocycles. The van der Waals surface area contributed by atoms with Crippen LogP contribution in [0.25, 0.3) is 53.6 Å². The van der Waals surface area contributed by atoms with Crippen LogP contribution in [0.2, 0.25) is 0 Å². The van der Waals surface area contributed by atoms with E-state index in [2.05, 4.69) is 169 Å². The third-order valence-electron chi connectivity index (χ3n) is 13.9. The second-order valence-electron chi connectivity index (χ2n) is 16.5. The molecular weight excluding hydrogens is 671 g/mol. The predicted octanol–water partition coefficient (Wildman–Crippen LogP) is 14.6. The fourth-order valence-corrected chi connectivity index (χ4v) is 13.1. The predicted molar refractivity (Wildman–Crippen MR) is 228 cm³/mol. The van der Waals surface area contributed by atoms with Gasteiger partial charge in [0.1, 0.15) is 0 Å². The molecule has 13 rings (SSSR count). The quantitative estimate of drug-likeness (QED) is 0.172. The summed E-state index contributed by atoms with van der Waals surface area (Å²) < 4.78 is 2.64. The minimum absolute atomic E-state index is 0.179. The first-order valence-electron chi connectivity index (χ1n) is 19.9. The van der Waals surface area contributed by atoms with E-state index in [1.165, 1.54) is 97.0 Å². The maximum absolute atomic E-state index is 2.62. The van der Waals surface area contributed by atoms with Crippen LogP contribution >= 0.6 is 11.3 Å². The number of fused-ring (bicyclic) bond motifs is 6. The van der Waals surface area contributed by atoms with Gasteiger partial charge in [0.05, 0.1) is 5.69 Å². The molecule has 8 aromatic rings. The molecule has 5 aliphatic rings. The summed E-state index contributed by atoms with van der Waals surface area (Å²) in [6.45, 7) is 0. The Balaban J connectivity index is 0.984. The van der Waals surface area contributed by atoms with Crippen LogP contribution in [0.15, 0.2) is 164 Å². The maximum atomic E-state index is 2.62. The van der Waals surface area contributed by atoms with Gasteiger partial charge in [-0.15, -0.1) is 11.3 Å². The van der Waals surface area contributed by atoms with Gasteiger partial charge in [0.15, 0.2) is 0 Å². The van der Waals surface area contributed by atoms with Gasteiger partial charge >= 0.3 is 0 Å². The molecule has 54 heavy (non-hydrogen) atoms. The van der Waals surface area contributed by atoms with Crippen molar-refractivity contribution in [3.63, 3.8) is 0 Å². The van der Waals surface area contributed by atoms with Gasteiger partial charge in [0.25, 0.3) is 0 Å². The Labute approximate surface area is 321 Å². The highest BCUT2D eigenvalue weighted by Crippen LogP contribution is 2.69. The summed E-state index contributed by atoms with van der Waals surface area (Å²) in [5, 5.41) is 2.65. The summed E-state index contributed by atoms with van der Waals surface area (Å²) >= 11 is 1.88. The topological polar surface area (TPSA) is 3.24 Å². The fourth-order valence-electron chi connectivity index (χ4n) is 11.9. The van der Waals surface area contributed by atoms with E-state index < -0.39 is 0 Å². The SMILES string of the molecule is c1ccc(-c2ccccc2N(c2ccc(-c3ccc4c(c3)C3(c5ccccc5-4)C4CC5CC(C4)CC3C5)cc2)c2ccc3c(c2)sc2ccccc23)cc1. The zero-order chi connectivity index (χ0) is 35.4. The van der Waals surface area contributed by atoms with Gasteiger partial charge in [0, 0.05) is 42.5 Å². The Hall–Kier alpha value is -5.44. The standard InChI is InChI=1S/C52H41NS/c1-2-10-36(11-3-1)42-12-5-8-16-49(42)53(41-23-25-46-45-14-6-9-17-50(45)54-51(46)32-41)40-21-18-35(19-22-40)37-20-24-44-43-13-4-7-15-47(43)52(48(44)31-37)38-27-33-26-34(29-38)30-39(52)28-33/h1-25,31-34,38-39H,26-30H2. The Bertz CT molecular complexity index is 2710. The van der Waals surface area contributed by atoms with Gasteiger partial charge in [-0.1, -0.05) is 121 Å². The second-order valence-corrected chi connectivity index (χ2v) is 17.6. The molecule has 260 valence electrons. The number of rotatable bonds is 5. The van der Waals surface area contributed by atoms with Crippen molar-refractivity contribution in [2.45, 2.75) is 37.5 Å². The van der Waals surface area contributed by atoms with Gasteiger partial charge < -0.3 is 4.90 Å². The summed E-state index contributed by atoms with van der Waals surface area (Å²) in [7, 11) is 0. The van der Waals surface area contributed by atoms with Gasteiger partial charge in [-0.25, -0.2) is 0 Å². The lowest BCUT2D eigenvalue weighted by molar-refractivity contribution is -0.0399. The van der Waals surface area contributed by atoms with Gasteiger partial charge in [-0.3, -0.25) is 0 Å². The highest BCUT2D eigenvalue weighted by atomic mass is 32.1. The molecule has 1 nitrogen and oxygen atoms in total. The Morgan fingerprint density at radius 2 is 1.06 bits per heavy atom. The average molecular weight is 712 g/mol. The highest BCUT2D eigenvalue weighted by molar-refractivity contribution is 7.25. The zero-order valence-electron chi connectivity index (χ0n) is 30.3. The normalized spacial score (nSPS) is 23.3. The van der Waals surface area contributed by atoms with E-state index in [1.54, 1.807) is 11.1 Å². The largest absolute Gasteiger partial charge is 0.310 e. The van der Waals surface area contributed by atoms with Crippen molar-refractivity contribution in [1.82, 2.24) is 0 Å². The minimum atomic E-state index is 0.179. The van der Waals surface area contributed by atoms with E-state index in [1.807, 2.05) is 11.3 Å². The molecule has 0 unspecified atom stereocenters. The summed E-state index contributed by atoms with van der Waals surface area (Å²) in [4.78, 5) is 2.46. The third-order valence-corrected chi connectivity index (χ3v) is 15.0. The Kier molecular flexibility index (Phi) is 6.75. The van der Waals surface area contributed by atoms with E-state index in [0.29, 0.717) is 0 Å². The van der Waals surface area contributed by atoms with Gasteiger partial charge in [0.2, 0.25) is 0 Å². The van der Waals surface area contributed by atoms with E-state index in [0.717, 1.165) is 29.4 Å². The molecule has 1 heterocycles. The van der Waals surface area contributed by atoms with E-state index in [4.69, 9.17) is 0 Å². The van der Waals surface area contributed by atoms with Crippen molar-refractivity contribution >= 4 is 48.6 Å². The summed E-state index contributed by atoms with van der Waals surface area (Å²) in [5.41, 5.74) is 15.0. The number of thiophene rings is 1. The van der Waals surface area contributed by atoms with Crippen LogP contribution in [0.5, 0.6) is 0 Å². The fraction of sp³-hybridized carbons (Fsp3) is 0.192. The number of nitrogens with zero attached hydrogens (tertiary/aromatic N) is 1. The number of hydrogen-bond donors (Lipinski definition) is 0. The van der Waals surface area contributed by atoms with Crippen LogP contribution in [0, 0.1) is 23.7 Å². The molecule has 4 saturated carbocycles. The van der Waals surface area contributed by atoms with Crippen LogP contribution in [-0.2, 0) is 5.41 Å². The first-order valence-corrected chi connectivity index (χ1v) is 20.7. The van der Waals surface area contributed by atoms with E-state index >= 15 is 0 Å². The number of hydrogen-bond acceptors (Lipinski definition) is 2. The Morgan fingerprint density at radius 3 is 1.87 bits per heavy atom. The van der Waals surface area contributed by atoms with Crippen molar-refractivity contribution in [3.8, 4) is 33.4 Å². The molecule has 4 bridgehead atoms. The summed E-state index contributed by atoms with van der Waals surface area (Å²) in [5.74, 6) is 3.43. The zero-order valence-corrected chi connectivity index (χ0v) is 31.1. The third kappa shape index (κ3) is 4.44. The summed E-state index contributed by atoms with van der Waals surface area (Å²) in [6, 6.07) is 61.8. The molecule has 7 aromatic carbocycles. The van der Waals surface area contributed by atoms with Crippen molar-refractivity contribution in [2.24, 2.45) is 23.7 Å². The molecule has 0 N–H and O–H groups in total. The summed E-state index contributed by atoms with van der Waals surface area (Å²) in [6.07, 6.45) is 7.12. The molecule has 0 saturated heterocycles. The minimum Gasteiger partial charge on any atom is -0.310 e. The van der Waals surface area contributed by atoms with Crippen LogP contribution in [0.1, 0.15) is 43.2 Å². The molecular formula is C52H41NS. The Morgan fingerprint density at radius 1 is 0.426 bits per heavy atom.